The molecule has 0 spiro atoms. The number of hydrogen-bond donors (Lipinski definition) is 3. The Labute approximate surface area is 205 Å². The lowest BCUT2D eigenvalue weighted by Crippen LogP contribution is -2.31. The van der Waals surface area contributed by atoms with E-state index >= 15 is 0 Å². The van der Waals surface area contributed by atoms with E-state index in [9.17, 15) is 14.7 Å². The van der Waals surface area contributed by atoms with Crippen LogP contribution in [-0.4, -0.2) is 52.8 Å². The molecule has 2 atom stereocenters. The number of pyridine rings is 1. The number of carbonyl (C=O) groups excluding carboxylic acids is 1. The first-order chi connectivity index (χ1) is 16.9. The number of aliphatic carboxylic acids is 1. The van der Waals surface area contributed by atoms with Crippen molar-refractivity contribution in [2.24, 2.45) is 16.6 Å². The zero-order valence-corrected chi connectivity index (χ0v) is 20.0. The molecule has 2 aromatic carbocycles. The Morgan fingerprint density at radius 1 is 1.09 bits per heavy atom. The highest BCUT2D eigenvalue weighted by Crippen LogP contribution is 2.21. The molecular weight excluding hydrogens is 442 g/mol. The van der Waals surface area contributed by atoms with Gasteiger partial charge >= 0.3 is 5.97 Å². The van der Waals surface area contributed by atoms with Gasteiger partial charge in [-0.1, -0.05) is 48.5 Å². The van der Waals surface area contributed by atoms with Crippen LogP contribution >= 0.6 is 0 Å². The van der Waals surface area contributed by atoms with Crippen LogP contribution in [0.5, 0.6) is 0 Å². The van der Waals surface area contributed by atoms with Crippen LogP contribution in [0.4, 0.5) is 5.69 Å². The maximum absolute atomic E-state index is 12.4. The van der Waals surface area contributed by atoms with E-state index in [1.807, 2.05) is 60.7 Å². The van der Waals surface area contributed by atoms with E-state index in [4.69, 9.17) is 5.73 Å². The minimum Gasteiger partial charge on any atom is -0.481 e. The first-order valence-corrected chi connectivity index (χ1v) is 11.4. The van der Waals surface area contributed by atoms with E-state index in [1.165, 1.54) is 6.34 Å². The summed E-state index contributed by atoms with van der Waals surface area (Å²) in [7, 11) is 1.72. The molecule has 0 saturated carbocycles. The first kappa shape index (κ1) is 25.6. The molecule has 4 N–H and O–H groups in total. The van der Waals surface area contributed by atoms with Crippen molar-refractivity contribution in [3.63, 3.8) is 0 Å². The number of nitrogens with zero attached hydrogens (tertiary/aromatic N) is 3. The summed E-state index contributed by atoms with van der Waals surface area (Å²) in [5, 5.41) is 12.6. The van der Waals surface area contributed by atoms with Gasteiger partial charge in [-0.3, -0.25) is 19.6 Å². The van der Waals surface area contributed by atoms with Crippen LogP contribution in [0.2, 0.25) is 0 Å². The number of anilines is 1. The molecule has 3 aromatic rings. The third-order valence-electron chi connectivity index (χ3n) is 5.62. The van der Waals surface area contributed by atoms with E-state index in [1.54, 1.807) is 31.1 Å². The fraction of sp³-hybridized carbons (Fsp3) is 0.259. The highest BCUT2D eigenvalue weighted by Gasteiger charge is 2.24. The molecule has 3 rings (SSSR count). The average Bonchev–Trinajstić information content (AvgIpc) is 2.87. The van der Waals surface area contributed by atoms with E-state index in [-0.39, 0.29) is 12.5 Å². The summed E-state index contributed by atoms with van der Waals surface area (Å²) in [6.45, 7) is 2.17. The van der Waals surface area contributed by atoms with Gasteiger partial charge in [-0.15, -0.1) is 0 Å². The van der Waals surface area contributed by atoms with Crippen molar-refractivity contribution < 1.29 is 14.7 Å². The second-order valence-electron chi connectivity index (χ2n) is 8.42. The molecule has 8 heteroatoms. The predicted octanol–water partition coefficient (Wildman–Crippen LogP) is 3.44. The Hall–Kier alpha value is -4.04. The number of hydrogen-bond acceptors (Lipinski definition) is 5. The van der Waals surface area contributed by atoms with Crippen LogP contribution in [0, 0.1) is 5.92 Å². The lowest BCUT2D eigenvalue weighted by molar-refractivity contribution is -0.142. The molecule has 0 bridgehead atoms. The minimum absolute atomic E-state index is 0.0822. The Kier molecular flexibility index (Phi) is 9.09. The van der Waals surface area contributed by atoms with Gasteiger partial charge in [0.25, 0.3) is 0 Å². The number of carbonyl (C=O) groups is 2. The maximum Gasteiger partial charge on any atom is 0.309 e. The molecule has 35 heavy (non-hydrogen) atoms. The highest BCUT2D eigenvalue weighted by atomic mass is 16.4. The van der Waals surface area contributed by atoms with E-state index < -0.39 is 17.9 Å². The number of aromatic nitrogens is 1. The van der Waals surface area contributed by atoms with Crippen LogP contribution in [0.25, 0.3) is 11.1 Å². The maximum atomic E-state index is 12.4. The molecule has 0 radical (unpaired) electrons. The molecule has 0 fully saturated rings. The Bertz CT molecular complexity index is 1130. The lowest BCUT2D eigenvalue weighted by Gasteiger charge is -2.19. The van der Waals surface area contributed by atoms with Gasteiger partial charge in [0.2, 0.25) is 5.91 Å². The molecule has 2 unspecified atom stereocenters. The van der Waals surface area contributed by atoms with E-state index in [2.05, 4.69) is 15.3 Å². The number of nitrogens with two attached hydrogens (primary N) is 1. The molecule has 0 aliphatic carbocycles. The highest BCUT2D eigenvalue weighted by molar-refractivity contribution is 5.93. The average molecular weight is 474 g/mol. The second-order valence-corrected chi connectivity index (χ2v) is 8.42. The molecule has 1 amide bonds. The van der Waals surface area contributed by atoms with Crippen LogP contribution < -0.4 is 11.1 Å². The van der Waals surface area contributed by atoms with Gasteiger partial charge in [0.05, 0.1) is 30.5 Å². The van der Waals surface area contributed by atoms with Gasteiger partial charge in [-0.05, 0) is 48.2 Å². The quantitative estimate of drug-likeness (QED) is 0.290. The molecule has 0 aliphatic heterocycles. The van der Waals surface area contributed by atoms with Gasteiger partial charge in [0, 0.05) is 25.5 Å². The number of carboxylic acid groups (broad SMARTS) is 1. The number of rotatable bonds is 11. The number of carboxylic acids is 1. The zero-order chi connectivity index (χ0) is 25.2. The van der Waals surface area contributed by atoms with Crippen LogP contribution in [0.15, 0.2) is 77.9 Å². The van der Waals surface area contributed by atoms with Crippen LogP contribution in [0.1, 0.15) is 18.2 Å². The van der Waals surface area contributed by atoms with E-state index in [0.29, 0.717) is 18.7 Å². The first-order valence-electron chi connectivity index (χ1n) is 11.4. The molecule has 0 saturated heterocycles. The van der Waals surface area contributed by atoms with Gasteiger partial charge in [-0.2, -0.15) is 0 Å². The summed E-state index contributed by atoms with van der Waals surface area (Å²) in [5.74, 6) is -1.85. The van der Waals surface area contributed by atoms with Crippen molar-refractivity contribution in [3.8, 4) is 11.1 Å². The van der Waals surface area contributed by atoms with Crippen molar-refractivity contribution in [1.29, 1.82) is 0 Å². The molecule has 1 heterocycles. The van der Waals surface area contributed by atoms with Gasteiger partial charge in [-0.25, -0.2) is 0 Å². The van der Waals surface area contributed by atoms with Crippen molar-refractivity contribution in [1.82, 2.24) is 9.88 Å². The molecule has 0 aliphatic rings. The lowest BCUT2D eigenvalue weighted by atomic mass is 9.94. The number of likely N-dealkylation sites (N-methyl/N-ethyl adjacent to an activating group) is 1. The van der Waals surface area contributed by atoms with Crippen LogP contribution in [0.3, 0.4) is 0 Å². The molecule has 1 aromatic heterocycles. The molecular formula is C27H31N5O3. The minimum atomic E-state index is -0.933. The van der Waals surface area contributed by atoms with Gasteiger partial charge < -0.3 is 21.1 Å². The monoisotopic (exact) mass is 473 g/mol. The number of benzene rings is 2. The number of nitrogens with one attached hydrogen (secondary N) is 1. The third kappa shape index (κ3) is 7.75. The van der Waals surface area contributed by atoms with Crippen molar-refractivity contribution in [2.75, 3.05) is 18.9 Å². The second kappa shape index (κ2) is 12.4. The predicted molar refractivity (Wildman–Crippen MR) is 138 cm³/mol. The summed E-state index contributed by atoms with van der Waals surface area (Å²) in [6.07, 6.45) is 3.46. The summed E-state index contributed by atoms with van der Waals surface area (Å²) < 4.78 is 0. The SMILES string of the molecule is CC(N=CN(C)CC(=O)Nc1ccc(-c2ccccc2)cc1)C(Cc1ccc(CN)nc1)C(=O)O. The van der Waals surface area contributed by atoms with Gasteiger partial charge in [0.15, 0.2) is 0 Å². The Morgan fingerprint density at radius 3 is 2.37 bits per heavy atom. The standard InChI is InChI=1S/C27H31N5O3/c1-19(25(27(34)35)14-20-8-11-24(15-28)29-16-20)30-18-32(2)17-26(33)31-23-12-9-22(10-13-23)21-6-4-3-5-7-21/h3-13,16,18-19,25H,14-15,17,28H2,1-2H3,(H,31,33)(H,34,35). The number of aliphatic imine (C=N–C) groups is 1. The van der Waals surface area contributed by atoms with Crippen molar-refractivity contribution in [3.05, 3.63) is 84.2 Å². The van der Waals surface area contributed by atoms with Crippen molar-refractivity contribution in [2.45, 2.75) is 25.9 Å². The number of amides is 1. The smallest absolute Gasteiger partial charge is 0.309 e. The summed E-state index contributed by atoms with van der Waals surface area (Å²) in [5.41, 5.74) is 10.0. The Morgan fingerprint density at radius 2 is 1.77 bits per heavy atom. The van der Waals surface area contributed by atoms with Gasteiger partial charge in [0.1, 0.15) is 0 Å². The summed E-state index contributed by atoms with van der Waals surface area (Å²) in [6, 6.07) is 20.8. The largest absolute Gasteiger partial charge is 0.481 e. The van der Waals surface area contributed by atoms with Crippen molar-refractivity contribution >= 4 is 23.9 Å². The topological polar surface area (TPSA) is 121 Å². The normalized spacial score (nSPS) is 12.8. The van der Waals surface area contributed by atoms with Crippen LogP contribution in [-0.2, 0) is 22.6 Å². The molecule has 8 nitrogen and oxygen atoms in total. The van der Waals surface area contributed by atoms with E-state index in [0.717, 1.165) is 22.4 Å². The fourth-order valence-electron chi connectivity index (χ4n) is 3.58. The fourth-order valence-corrected chi connectivity index (χ4v) is 3.58. The summed E-state index contributed by atoms with van der Waals surface area (Å²) in [4.78, 5) is 34.5. The zero-order valence-electron chi connectivity index (χ0n) is 20.0. The Balaban J connectivity index is 1.52. The third-order valence-corrected chi connectivity index (χ3v) is 5.62. The molecule has 182 valence electrons. The summed E-state index contributed by atoms with van der Waals surface area (Å²) >= 11 is 0.